The summed E-state index contributed by atoms with van der Waals surface area (Å²) < 4.78 is 20.7. The number of furan rings is 1. The number of rotatable bonds is 8. The highest BCUT2D eigenvalue weighted by Gasteiger charge is 2.22. The van der Waals surface area contributed by atoms with Gasteiger partial charge in [-0.1, -0.05) is 23.1 Å². The van der Waals surface area contributed by atoms with Gasteiger partial charge in [-0.3, -0.25) is 9.36 Å². The van der Waals surface area contributed by atoms with Crippen LogP contribution in [-0.4, -0.2) is 44.0 Å². The average molecular weight is 500 g/mol. The Bertz CT molecular complexity index is 1230. The first kappa shape index (κ1) is 22.5. The van der Waals surface area contributed by atoms with Gasteiger partial charge in [0, 0.05) is 18.8 Å². The maximum atomic E-state index is 13.1. The lowest BCUT2D eigenvalue weighted by molar-refractivity contribution is 0.102. The number of amides is 1. The van der Waals surface area contributed by atoms with Crippen LogP contribution in [0.15, 0.2) is 52.2 Å². The zero-order valence-corrected chi connectivity index (χ0v) is 19.8. The summed E-state index contributed by atoms with van der Waals surface area (Å²) in [5, 5.41) is 21.5. The molecule has 1 amide bonds. The standard InChI is InChI=1S/C22H22FN7O2S2/c23-15-6-8-16(9-7-15)24-19(31)20-26-25-18(34-20)14-33-22-28-27-21(29-10-2-1-3-11-29)30(22)13-17-5-4-12-32-17/h4-9,12H,1-3,10-11,13-14H2,(H,24,31). The number of hydrogen-bond donors (Lipinski definition) is 1. The van der Waals surface area contributed by atoms with Crippen molar-refractivity contribution >= 4 is 40.6 Å². The zero-order valence-electron chi connectivity index (χ0n) is 18.2. The number of benzene rings is 1. The molecule has 4 heterocycles. The number of piperidine rings is 1. The van der Waals surface area contributed by atoms with E-state index >= 15 is 0 Å². The topological polar surface area (TPSA) is 102 Å². The summed E-state index contributed by atoms with van der Waals surface area (Å²) >= 11 is 2.71. The summed E-state index contributed by atoms with van der Waals surface area (Å²) in [6.45, 7) is 2.46. The molecule has 0 unspecified atom stereocenters. The van der Waals surface area contributed by atoms with Crippen LogP contribution in [0.1, 0.15) is 39.8 Å². The molecule has 1 aliphatic rings. The molecular weight excluding hydrogens is 477 g/mol. The number of halogens is 1. The Kier molecular flexibility index (Phi) is 6.86. The Morgan fingerprint density at radius 1 is 1.09 bits per heavy atom. The zero-order chi connectivity index (χ0) is 23.3. The largest absolute Gasteiger partial charge is 0.467 e. The number of hydrogen-bond acceptors (Lipinski definition) is 9. The summed E-state index contributed by atoms with van der Waals surface area (Å²) in [6, 6.07) is 9.37. The van der Waals surface area contributed by atoms with E-state index in [1.165, 1.54) is 53.8 Å². The predicted molar refractivity (Wildman–Crippen MR) is 128 cm³/mol. The van der Waals surface area contributed by atoms with Gasteiger partial charge in [0.25, 0.3) is 5.91 Å². The lowest BCUT2D eigenvalue weighted by Crippen LogP contribution is -2.32. The molecule has 0 bridgehead atoms. The second kappa shape index (κ2) is 10.3. The third-order valence-electron chi connectivity index (χ3n) is 5.32. The number of carbonyl (C=O) groups excluding carboxylic acids is 1. The number of carbonyl (C=O) groups is 1. The summed E-state index contributed by atoms with van der Waals surface area (Å²) in [5.41, 5.74) is 0.494. The van der Waals surface area contributed by atoms with Crippen molar-refractivity contribution < 1.29 is 13.6 Å². The van der Waals surface area contributed by atoms with Crippen LogP contribution >= 0.6 is 23.1 Å². The predicted octanol–water partition coefficient (Wildman–Crippen LogP) is 4.44. The van der Waals surface area contributed by atoms with Crippen LogP contribution < -0.4 is 10.2 Å². The van der Waals surface area contributed by atoms with Gasteiger partial charge in [0.1, 0.15) is 16.6 Å². The molecule has 12 heteroatoms. The van der Waals surface area contributed by atoms with Crippen LogP contribution in [0.5, 0.6) is 0 Å². The second-order valence-electron chi connectivity index (χ2n) is 7.75. The molecular formula is C22H22FN7O2S2. The molecule has 34 heavy (non-hydrogen) atoms. The van der Waals surface area contributed by atoms with Crippen LogP contribution in [0.3, 0.4) is 0 Å². The Balaban J connectivity index is 1.27. The first-order valence-corrected chi connectivity index (χ1v) is 12.7. The molecule has 1 saturated heterocycles. The molecule has 0 saturated carbocycles. The Morgan fingerprint density at radius 3 is 2.68 bits per heavy atom. The molecule has 3 aromatic heterocycles. The molecule has 1 aliphatic heterocycles. The van der Waals surface area contributed by atoms with Crippen LogP contribution in [0.25, 0.3) is 0 Å². The summed E-state index contributed by atoms with van der Waals surface area (Å²) in [7, 11) is 0. The summed E-state index contributed by atoms with van der Waals surface area (Å²) in [6.07, 6.45) is 5.18. The van der Waals surface area contributed by atoms with Crippen molar-refractivity contribution in [2.75, 3.05) is 23.3 Å². The third kappa shape index (κ3) is 5.28. The van der Waals surface area contributed by atoms with Crippen molar-refractivity contribution in [1.82, 2.24) is 25.0 Å². The summed E-state index contributed by atoms with van der Waals surface area (Å²) in [4.78, 5) is 14.7. The average Bonchev–Trinajstić information content (AvgIpc) is 3.62. The normalized spacial score (nSPS) is 13.9. The number of nitrogens with one attached hydrogen (secondary N) is 1. The van der Waals surface area contributed by atoms with Gasteiger partial charge in [-0.25, -0.2) is 4.39 Å². The smallest absolute Gasteiger partial charge is 0.286 e. The van der Waals surface area contributed by atoms with Gasteiger partial charge in [0.15, 0.2) is 5.16 Å². The highest BCUT2D eigenvalue weighted by Crippen LogP contribution is 2.28. The minimum absolute atomic E-state index is 0.242. The fourth-order valence-corrected chi connectivity index (χ4v) is 5.31. The summed E-state index contributed by atoms with van der Waals surface area (Å²) in [5.74, 6) is 1.42. The molecule has 5 rings (SSSR count). The molecule has 176 valence electrons. The van der Waals surface area contributed by atoms with Gasteiger partial charge >= 0.3 is 0 Å². The first-order valence-electron chi connectivity index (χ1n) is 10.9. The van der Waals surface area contributed by atoms with E-state index in [0.717, 1.165) is 42.8 Å². The first-order chi connectivity index (χ1) is 16.7. The van der Waals surface area contributed by atoms with Crippen molar-refractivity contribution in [3.05, 3.63) is 64.3 Å². The molecule has 1 fully saturated rings. The Morgan fingerprint density at radius 2 is 1.91 bits per heavy atom. The van der Waals surface area contributed by atoms with Crippen molar-refractivity contribution in [3.63, 3.8) is 0 Å². The number of nitrogens with zero attached hydrogens (tertiary/aromatic N) is 6. The number of thioether (sulfide) groups is 1. The van der Waals surface area contributed by atoms with Gasteiger partial charge in [-0.2, -0.15) is 0 Å². The van der Waals surface area contributed by atoms with Crippen molar-refractivity contribution in [2.24, 2.45) is 0 Å². The van der Waals surface area contributed by atoms with E-state index in [4.69, 9.17) is 4.42 Å². The van der Waals surface area contributed by atoms with E-state index in [2.05, 4.69) is 35.2 Å². The third-order valence-corrected chi connectivity index (χ3v) is 7.40. The molecule has 1 N–H and O–H groups in total. The van der Waals surface area contributed by atoms with Crippen LogP contribution in [0.4, 0.5) is 16.0 Å². The van der Waals surface area contributed by atoms with E-state index in [-0.39, 0.29) is 16.7 Å². The molecule has 0 aliphatic carbocycles. The molecule has 0 spiro atoms. The van der Waals surface area contributed by atoms with E-state index in [1.807, 2.05) is 12.1 Å². The molecule has 4 aromatic rings. The van der Waals surface area contributed by atoms with Crippen LogP contribution in [-0.2, 0) is 12.3 Å². The molecule has 0 atom stereocenters. The van der Waals surface area contributed by atoms with E-state index in [1.54, 1.807) is 6.26 Å². The Hall–Kier alpha value is -3.25. The monoisotopic (exact) mass is 499 g/mol. The quantitative estimate of drug-likeness (QED) is 0.355. The number of anilines is 2. The van der Waals surface area contributed by atoms with E-state index < -0.39 is 0 Å². The van der Waals surface area contributed by atoms with Gasteiger partial charge in [-0.05, 0) is 55.7 Å². The van der Waals surface area contributed by atoms with Gasteiger partial charge in [0.05, 0.1) is 18.6 Å². The highest BCUT2D eigenvalue weighted by molar-refractivity contribution is 7.98. The second-order valence-corrected chi connectivity index (χ2v) is 9.75. The SMILES string of the molecule is O=C(Nc1ccc(F)cc1)c1nnc(CSc2nnc(N3CCCCC3)n2Cc2ccco2)s1. The van der Waals surface area contributed by atoms with Crippen molar-refractivity contribution in [2.45, 2.75) is 36.7 Å². The minimum atomic E-state index is -0.381. The van der Waals surface area contributed by atoms with Gasteiger partial charge < -0.3 is 14.6 Å². The Labute approximate surface area is 203 Å². The molecule has 0 radical (unpaired) electrons. The fraction of sp³-hybridized carbons (Fsp3) is 0.318. The lowest BCUT2D eigenvalue weighted by Gasteiger charge is -2.27. The lowest BCUT2D eigenvalue weighted by atomic mass is 10.1. The van der Waals surface area contributed by atoms with Gasteiger partial charge in [0.2, 0.25) is 11.0 Å². The maximum Gasteiger partial charge on any atom is 0.286 e. The minimum Gasteiger partial charge on any atom is -0.467 e. The van der Waals surface area contributed by atoms with Gasteiger partial charge in [-0.15, -0.1) is 20.4 Å². The van der Waals surface area contributed by atoms with Crippen LogP contribution in [0, 0.1) is 5.82 Å². The number of aromatic nitrogens is 5. The van der Waals surface area contributed by atoms with Crippen molar-refractivity contribution in [3.8, 4) is 0 Å². The molecule has 9 nitrogen and oxygen atoms in total. The maximum absolute atomic E-state index is 13.1. The fourth-order valence-electron chi connectivity index (χ4n) is 3.66. The van der Waals surface area contributed by atoms with Crippen molar-refractivity contribution in [1.29, 1.82) is 0 Å². The highest BCUT2D eigenvalue weighted by atomic mass is 32.2. The van der Waals surface area contributed by atoms with E-state index in [0.29, 0.717) is 23.0 Å². The molecule has 1 aromatic carbocycles. The van der Waals surface area contributed by atoms with E-state index in [9.17, 15) is 9.18 Å². The van der Waals surface area contributed by atoms with Crippen LogP contribution in [0.2, 0.25) is 0 Å².